The number of hydrogen-bond acceptors (Lipinski definition) is 3. The van der Waals surface area contributed by atoms with E-state index in [1.54, 1.807) is 0 Å². The molecule has 0 aromatic carbocycles. The lowest BCUT2D eigenvalue weighted by Crippen LogP contribution is -2.43. The van der Waals surface area contributed by atoms with Crippen molar-refractivity contribution in [3.63, 3.8) is 0 Å². The number of rotatable bonds is 6. The second-order valence-corrected chi connectivity index (χ2v) is 6.13. The minimum absolute atomic E-state index is 0.217. The van der Waals surface area contributed by atoms with Crippen molar-refractivity contribution in [2.45, 2.75) is 44.6 Å². The van der Waals surface area contributed by atoms with Gasteiger partial charge in [-0.1, -0.05) is 6.08 Å². The van der Waals surface area contributed by atoms with Crippen LogP contribution in [-0.4, -0.2) is 59.6 Å². The highest BCUT2D eigenvalue weighted by atomic mass is 16.3. The van der Waals surface area contributed by atoms with Crippen molar-refractivity contribution in [3.05, 3.63) is 12.7 Å². The highest BCUT2D eigenvalue weighted by molar-refractivity contribution is 5.79. The standard InChI is InChI=1S/C16H28N2O2/c1-2-3-6-15(19)13-17-11-7-14(8-12-17)16(20)18-9-4-5-10-18/h2,14-15,19H,1,3-13H2. The van der Waals surface area contributed by atoms with Gasteiger partial charge in [0.1, 0.15) is 0 Å². The van der Waals surface area contributed by atoms with Gasteiger partial charge in [0.05, 0.1) is 6.10 Å². The van der Waals surface area contributed by atoms with Crippen molar-refractivity contribution in [2.24, 2.45) is 5.92 Å². The van der Waals surface area contributed by atoms with E-state index in [9.17, 15) is 9.90 Å². The maximum Gasteiger partial charge on any atom is 0.225 e. The zero-order valence-corrected chi connectivity index (χ0v) is 12.5. The van der Waals surface area contributed by atoms with Gasteiger partial charge in [0.15, 0.2) is 0 Å². The quantitative estimate of drug-likeness (QED) is 0.752. The summed E-state index contributed by atoms with van der Waals surface area (Å²) in [5, 5.41) is 9.92. The molecule has 1 N–H and O–H groups in total. The second kappa shape index (κ2) is 7.79. The second-order valence-electron chi connectivity index (χ2n) is 6.13. The van der Waals surface area contributed by atoms with Crippen LogP contribution in [0.4, 0.5) is 0 Å². The average molecular weight is 280 g/mol. The Hall–Kier alpha value is -0.870. The lowest BCUT2D eigenvalue weighted by Gasteiger charge is -2.34. The summed E-state index contributed by atoms with van der Waals surface area (Å²) in [4.78, 5) is 16.7. The third kappa shape index (κ3) is 4.32. The molecule has 0 bridgehead atoms. The topological polar surface area (TPSA) is 43.8 Å². The highest BCUT2D eigenvalue weighted by Crippen LogP contribution is 2.22. The number of likely N-dealkylation sites (tertiary alicyclic amines) is 2. The van der Waals surface area contributed by atoms with E-state index in [-0.39, 0.29) is 12.0 Å². The number of allylic oxidation sites excluding steroid dienone is 1. The number of aliphatic hydroxyl groups is 1. The Morgan fingerprint density at radius 2 is 1.90 bits per heavy atom. The Morgan fingerprint density at radius 3 is 2.50 bits per heavy atom. The zero-order chi connectivity index (χ0) is 14.4. The summed E-state index contributed by atoms with van der Waals surface area (Å²) in [5.41, 5.74) is 0. The minimum Gasteiger partial charge on any atom is -0.392 e. The molecule has 2 fully saturated rings. The molecule has 0 radical (unpaired) electrons. The number of piperidine rings is 1. The van der Waals surface area contributed by atoms with E-state index in [2.05, 4.69) is 11.5 Å². The first kappa shape index (κ1) is 15.5. The molecule has 20 heavy (non-hydrogen) atoms. The van der Waals surface area contributed by atoms with Crippen molar-refractivity contribution in [1.29, 1.82) is 0 Å². The van der Waals surface area contributed by atoms with E-state index in [4.69, 9.17) is 0 Å². The lowest BCUT2D eigenvalue weighted by atomic mass is 9.95. The van der Waals surface area contributed by atoms with Gasteiger partial charge in [-0.15, -0.1) is 6.58 Å². The molecule has 4 heteroatoms. The molecule has 2 aliphatic heterocycles. The van der Waals surface area contributed by atoms with Gasteiger partial charge < -0.3 is 14.9 Å². The maximum atomic E-state index is 12.3. The minimum atomic E-state index is -0.265. The summed E-state index contributed by atoms with van der Waals surface area (Å²) in [6, 6.07) is 0. The van der Waals surface area contributed by atoms with Crippen LogP contribution in [0.15, 0.2) is 12.7 Å². The molecule has 1 atom stereocenters. The summed E-state index contributed by atoms with van der Waals surface area (Å²) in [5.74, 6) is 0.587. The van der Waals surface area contributed by atoms with Crippen LogP contribution in [0.1, 0.15) is 38.5 Å². The predicted molar refractivity (Wildman–Crippen MR) is 80.4 cm³/mol. The third-order valence-corrected chi connectivity index (χ3v) is 4.53. The Balaban J connectivity index is 1.69. The smallest absolute Gasteiger partial charge is 0.225 e. The Morgan fingerprint density at radius 1 is 1.25 bits per heavy atom. The number of carbonyl (C=O) groups excluding carboxylic acids is 1. The van der Waals surface area contributed by atoms with Crippen LogP contribution in [0.5, 0.6) is 0 Å². The van der Waals surface area contributed by atoms with Crippen molar-refractivity contribution < 1.29 is 9.90 Å². The number of β-amino-alcohol motifs (C(OH)–C–C–N with tert-alkyl or cyclic N) is 1. The fourth-order valence-corrected chi connectivity index (χ4v) is 3.26. The molecule has 0 aromatic heterocycles. The molecule has 0 aliphatic carbocycles. The van der Waals surface area contributed by atoms with Crippen LogP contribution in [0.2, 0.25) is 0 Å². The summed E-state index contributed by atoms with van der Waals surface area (Å²) < 4.78 is 0. The average Bonchev–Trinajstić information content (AvgIpc) is 2.99. The highest BCUT2D eigenvalue weighted by Gasteiger charge is 2.30. The fourth-order valence-electron chi connectivity index (χ4n) is 3.26. The van der Waals surface area contributed by atoms with Crippen molar-refractivity contribution in [2.75, 3.05) is 32.7 Å². The molecule has 2 saturated heterocycles. The molecule has 2 aliphatic rings. The van der Waals surface area contributed by atoms with Gasteiger partial charge in [-0.25, -0.2) is 0 Å². The molecule has 1 unspecified atom stereocenters. The zero-order valence-electron chi connectivity index (χ0n) is 12.5. The van der Waals surface area contributed by atoms with Crippen molar-refractivity contribution in [1.82, 2.24) is 9.80 Å². The third-order valence-electron chi connectivity index (χ3n) is 4.53. The van der Waals surface area contributed by atoms with E-state index in [1.165, 1.54) is 12.8 Å². The van der Waals surface area contributed by atoms with Crippen LogP contribution < -0.4 is 0 Å². The van der Waals surface area contributed by atoms with E-state index >= 15 is 0 Å². The molecule has 0 saturated carbocycles. The molecule has 1 amide bonds. The first-order valence-corrected chi connectivity index (χ1v) is 8.01. The van der Waals surface area contributed by atoms with Gasteiger partial charge in [0.25, 0.3) is 0 Å². The number of amides is 1. The Labute approximate surface area is 122 Å². The molecular weight excluding hydrogens is 252 g/mol. The first-order chi connectivity index (χ1) is 9.70. The van der Waals surface area contributed by atoms with E-state index < -0.39 is 0 Å². The largest absolute Gasteiger partial charge is 0.392 e. The summed E-state index contributed by atoms with van der Waals surface area (Å²) in [7, 11) is 0. The lowest BCUT2D eigenvalue weighted by molar-refractivity contribution is -0.136. The van der Waals surface area contributed by atoms with Crippen LogP contribution in [0, 0.1) is 5.92 Å². The number of hydrogen-bond donors (Lipinski definition) is 1. The van der Waals surface area contributed by atoms with E-state index in [0.717, 1.165) is 58.4 Å². The number of carbonyl (C=O) groups is 1. The van der Waals surface area contributed by atoms with Crippen molar-refractivity contribution in [3.8, 4) is 0 Å². The van der Waals surface area contributed by atoms with Crippen LogP contribution in [0.25, 0.3) is 0 Å². The van der Waals surface area contributed by atoms with E-state index in [1.807, 2.05) is 11.0 Å². The van der Waals surface area contributed by atoms with Crippen LogP contribution in [-0.2, 0) is 4.79 Å². The first-order valence-electron chi connectivity index (χ1n) is 8.01. The predicted octanol–water partition coefficient (Wildman–Crippen LogP) is 1.65. The van der Waals surface area contributed by atoms with Gasteiger partial charge >= 0.3 is 0 Å². The van der Waals surface area contributed by atoms with Crippen LogP contribution in [0.3, 0.4) is 0 Å². The molecule has 0 aromatic rings. The molecule has 2 heterocycles. The Bertz CT molecular complexity index is 318. The van der Waals surface area contributed by atoms with Gasteiger partial charge in [0, 0.05) is 25.6 Å². The van der Waals surface area contributed by atoms with Gasteiger partial charge in [-0.2, -0.15) is 0 Å². The molecule has 2 rings (SSSR count). The molecule has 114 valence electrons. The monoisotopic (exact) mass is 280 g/mol. The number of nitrogens with zero attached hydrogens (tertiary/aromatic N) is 2. The molecule has 4 nitrogen and oxygen atoms in total. The summed E-state index contributed by atoms with van der Waals surface area (Å²) >= 11 is 0. The normalized spacial score (nSPS) is 22.9. The fraction of sp³-hybridized carbons (Fsp3) is 0.812. The van der Waals surface area contributed by atoms with Gasteiger partial charge in [-0.05, 0) is 51.6 Å². The summed E-state index contributed by atoms with van der Waals surface area (Å²) in [6.45, 7) is 8.21. The Kier molecular flexibility index (Phi) is 6.05. The molecular formula is C16H28N2O2. The SMILES string of the molecule is C=CCCC(O)CN1CCC(C(=O)N2CCCC2)CC1. The van der Waals surface area contributed by atoms with E-state index in [0.29, 0.717) is 5.91 Å². The maximum absolute atomic E-state index is 12.3. The number of aliphatic hydroxyl groups excluding tert-OH is 1. The van der Waals surface area contributed by atoms with Gasteiger partial charge in [0.2, 0.25) is 5.91 Å². The van der Waals surface area contributed by atoms with Crippen molar-refractivity contribution >= 4 is 5.91 Å². The van der Waals surface area contributed by atoms with Gasteiger partial charge in [-0.3, -0.25) is 4.79 Å². The molecule has 0 spiro atoms. The van der Waals surface area contributed by atoms with Crippen LogP contribution >= 0.6 is 0 Å². The summed E-state index contributed by atoms with van der Waals surface area (Å²) in [6.07, 6.45) is 7.47.